The van der Waals surface area contributed by atoms with E-state index in [0.717, 1.165) is 29.1 Å². The molecule has 0 bridgehead atoms. The number of ketones is 1. The fraction of sp³-hybridized carbons (Fsp3) is 0.435. The molecule has 2 fully saturated rings. The van der Waals surface area contributed by atoms with E-state index in [1.54, 1.807) is 18.5 Å². The van der Waals surface area contributed by atoms with Gasteiger partial charge in [0, 0.05) is 35.7 Å². The van der Waals surface area contributed by atoms with Gasteiger partial charge in [-0.05, 0) is 43.5 Å². The first-order valence-electron chi connectivity index (χ1n) is 11.0. The van der Waals surface area contributed by atoms with E-state index in [-0.39, 0.29) is 17.0 Å². The van der Waals surface area contributed by atoms with E-state index < -0.39 is 5.54 Å². The van der Waals surface area contributed by atoms with Crippen molar-refractivity contribution in [2.24, 2.45) is 5.73 Å². The molecule has 0 amide bonds. The minimum Gasteiger partial charge on any atom is -0.376 e. The van der Waals surface area contributed by atoms with Gasteiger partial charge in [-0.2, -0.15) is 0 Å². The minimum atomic E-state index is -0.817. The molecule has 3 N–H and O–H groups in total. The molecule has 10 heteroatoms. The first-order valence-corrected chi connectivity index (χ1v) is 11.8. The summed E-state index contributed by atoms with van der Waals surface area (Å²) in [6.07, 6.45) is 7.21. The lowest BCUT2D eigenvalue weighted by Gasteiger charge is -2.41. The molecule has 0 unspecified atom stereocenters. The quantitative estimate of drug-likeness (QED) is 0.493. The highest BCUT2D eigenvalue weighted by Gasteiger charge is 2.42. The number of ether oxygens (including phenoxy) is 1. The van der Waals surface area contributed by atoms with Crippen molar-refractivity contribution in [3.8, 4) is 10.7 Å². The lowest BCUT2D eigenvalue weighted by Crippen LogP contribution is -2.63. The third-order valence-electron chi connectivity index (χ3n) is 6.49. The molecule has 0 spiro atoms. The predicted octanol–water partition coefficient (Wildman–Crippen LogP) is 2.90. The summed E-state index contributed by atoms with van der Waals surface area (Å²) in [7, 11) is 0. The molecular formula is C23H25FN6O2S. The van der Waals surface area contributed by atoms with Crippen LogP contribution in [-0.2, 0) is 21.4 Å². The van der Waals surface area contributed by atoms with E-state index in [1.807, 2.05) is 12.1 Å². The van der Waals surface area contributed by atoms with Gasteiger partial charge in [0.15, 0.2) is 5.78 Å². The molecule has 3 aromatic heterocycles. The van der Waals surface area contributed by atoms with Crippen molar-refractivity contribution in [1.29, 1.82) is 0 Å². The van der Waals surface area contributed by atoms with Crippen LogP contribution in [0.1, 0.15) is 36.3 Å². The SMILES string of the molecule is NC1(C(=O)CCc2cnc(-c3ccc(NCC4(c5ncccc5F)CCC4)nn3)s2)COC1. The summed E-state index contributed by atoms with van der Waals surface area (Å²) in [5, 5.41) is 12.6. The second-order valence-corrected chi connectivity index (χ2v) is 9.94. The van der Waals surface area contributed by atoms with Gasteiger partial charge in [-0.3, -0.25) is 9.78 Å². The van der Waals surface area contributed by atoms with Gasteiger partial charge in [0.25, 0.3) is 0 Å². The highest BCUT2D eigenvalue weighted by Crippen LogP contribution is 2.43. The van der Waals surface area contributed by atoms with Crippen LogP contribution in [0.15, 0.2) is 36.7 Å². The zero-order valence-electron chi connectivity index (χ0n) is 18.1. The smallest absolute Gasteiger partial charge is 0.157 e. The normalized spacial score (nSPS) is 18.2. The molecule has 0 aromatic carbocycles. The summed E-state index contributed by atoms with van der Waals surface area (Å²) in [4.78, 5) is 21.9. The van der Waals surface area contributed by atoms with Gasteiger partial charge in [-0.15, -0.1) is 21.5 Å². The van der Waals surface area contributed by atoms with Crippen molar-refractivity contribution >= 4 is 22.9 Å². The number of carbonyl (C=O) groups excluding carboxylic acids is 1. The number of nitrogens with zero attached hydrogens (tertiary/aromatic N) is 4. The summed E-state index contributed by atoms with van der Waals surface area (Å²) < 4.78 is 19.4. The van der Waals surface area contributed by atoms with Gasteiger partial charge in [-0.25, -0.2) is 9.37 Å². The Morgan fingerprint density at radius 2 is 2.06 bits per heavy atom. The first kappa shape index (κ1) is 22.0. The minimum absolute atomic E-state index is 0.0220. The zero-order chi connectivity index (χ0) is 22.9. The summed E-state index contributed by atoms with van der Waals surface area (Å²) in [6, 6.07) is 6.79. The third kappa shape index (κ3) is 4.38. The van der Waals surface area contributed by atoms with E-state index in [9.17, 15) is 9.18 Å². The van der Waals surface area contributed by atoms with Crippen LogP contribution in [0.2, 0.25) is 0 Å². The zero-order valence-corrected chi connectivity index (χ0v) is 18.9. The van der Waals surface area contributed by atoms with E-state index >= 15 is 0 Å². The number of nitrogens with two attached hydrogens (primary N) is 1. The predicted molar refractivity (Wildman–Crippen MR) is 122 cm³/mol. The Kier molecular flexibility index (Phi) is 5.90. The number of nitrogens with one attached hydrogen (secondary N) is 1. The van der Waals surface area contributed by atoms with Gasteiger partial charge in [0.05, 0.1) is 18.9 Å². The van der Waals surface area contributed by atoms with Crippen molar-refractivity contribution in [2.75, 3.05) is 25.1 Å². The van der Waals surface area contributed by atoms with Crippen LogP contribution in [0.25, 0.3) is 10.7 Å². The first-order chi connectivity index (χ1) is 16.0. The van der Waals surface area contributed by atoms with Crippen LogP contribution in [-0.4, -0.2) is 51.2 Å². The number of rotatable bonds is 9. The highest BCUT2D eigenvalue weighted by atomic mass is 32.1. The lowest BCUT2D eigenvalue weighted by atomic mass is 9.66. The number of thiazole rings is 1. The second-order valence-electron chi connectivity index (χ2n) is 8.83. The molecule has 172 valence electrons. The van der Waals surface area contributed by atoms with Crippen molar-refractivity contribution in [2.45, 2.75) is 43.1 Å². The summed E-state index contributed by atoms with van der Waals surface area (Å²) in [5.41, 5.74) is 6.06. The molecule has 3 aromatic rings. The van der Waals surface area contributed by atoms with Crippen molar-refractivity contribution in [1.82, 2.24) is 20.2 Å². The molecule has 33 heavy (non-hydrogen) atoms. The molecule has 2 aliphatic rings. The van der Waals surface area contributed by atoms with Crippen LogP contribution in [0.4, 0.5) is 10.2 Å². The van der Waals surface area contributed by atoms with Crippen molar-refractivity contribution in [3.05, 3.63) is 53.0 Å². The maximum atomic E-state index is 14.3. The molecule has 0 atom stereocenters. The van der Waals surface area contributed by atoms with Gasteiger partial charge in [-0.1, -0.05) is 6.42 Å². The Hall–Kier alpha value is -2.82. The van der Waals surface area contributed by atoms with E-state index in [2.05, 4.69) is 25.5 Å². The molecular weight excluding hydrogens is 443 g/mol. The Morgan fingerprint density at radius 3 is 2.70 bits per heavy atom. The van der Waals surface area contributed by atoms with Gasteiger partial charge in [0.2, 0.25) is 0 Å². The number of hydrogen-bond acceptors (Lipinski definition) is 9. The number of Topliss-reactive ketones (excluding diaryl/α,β-unsaturated/α-hetero) is 1. The molecule has 1 aliphatic carbocycles. The summed E-state index contributed by atoms with van der Waals surface area (Å²) in [5.74, 6) is 0.387. The third-order valence-corrected chi connectivity index (χ3v) is 7.57. The maximum Gasteiger partial charge on any atom is 0.157 e. The van der Waals surface area contributed by atoms with Gasteiger partial charge >= 0.3 is 0 Å². The topological polar surface area (TPSA) is 116 Å². The molecule has 1 aliphatic heterocycles. The molecule has 1 saturated heterocycles. The highest BCUT2D eigenvalue weighted by molar-refractivity contribution is 7.15. The Balaban J connectivity index is 1.19. The summed E-state index contributed by atoms with van der Waals surface area (Å²) >= 11 is 1.49. The Morgan fingerprint density at radius 1 is 1.21 bits per heavy atom. The number of carbonyl (C=O) groups is 1. The fourth-order valence-corrected chi connectivity index (χ4v) is 5.06. The average molecular weight is 469 g/mol. The lowest BCUT2D eigenvalue weighted by molar-refractivity contribution is -0.140. The Labute approximate surface area is 194 Å². The molecule has 8 nitrogen and oxygen atoms in total. The number of hydrogen-bond donors (Lipinski definition) is 2. The van der Waals surface area contributed by atoms with Crippen molar-refractivity contribution in [3.63, 3.8) is 0 Å². The van der Waals surface area contributed by atoms with Crippen LogP contribution < -0.4 is 11.1 Å². The standard InChI is InChI=1S/C23H25FN6O2S/c24-16-3-1-10-26-20(16)22(8-2-9-22)12-28-19-7-5-17(29-30-19)21-27-11-15(33-21)4-6-18(31)23(25)13-32-14-23/h1,3,5,7,10-11H,2,4,6,8-9,12-14,25H2,(H,28,30). The molecule has 1 saturated carbocycles. The Bertz CT molecular complexity index is 1140. The number of pyridine rings is 1. The van der Waals surface area contributed by atoms with Crippen LogP contribution >= 0.6 is 11.3 Å². The summed E-state index contributed by atoms with van der Waals surface area (Å²) in [6.45, 7) is 1.15. The second kappa shape index (κ2) is 8.85. The van der Waals surface area contributed by atoms with Crippen molar-refractivity contribution < 1.29 is 13.9 Å². The maximum absolute atomic E-state index is 14.3. The van der Waals surface area contributed by atoms with Gasteiger partial charge < -0.3 is 15.8 Å². The molecule has 5 rings (SSSR count). The van der Waals surface area contributed by atoms with Crippen LogP contribution in [0.5, 0.6) is 0 Å². The van der Waals surface area contributed by atoms with E-state index in [4.69, 9.17) is 10.5 Å². The monoisotopic (exact) mass is 468 g/mol. The number of aryl methyl sites for hydroxylation is 1. The largest absolute Gasteiger partial charge is 0.376 e. The molecule has 4 heterocycles. The van der Waals surface area contributed by atoms with Crippen LogP contribution in [0.3, 0.4) is 0 Å². The van der Waals surface area contributed by atoms with E-state index in [1.165, 1.54) is 17.4 Å². The van der Waals surface area contributed by atoms with E-state index in [0.29, 0.717) is 49.8 Å². The molecule has 0 radical (unpaired) electrons. The number of anilines is 1. The fourth-order valence-electron chi connectivity index (χ4n) is 4.19. The van der Waals surface area contributed by atoms with Crippen LogP contribution in [0, 0.1) is 5.82 Å². The average Bonchev–Trinajstić information content (AvgIpc) is 3.25. The number of aromatic nitrogens is 4. The van der Waals surface area contributed by atoms with Gasteiger partial charge in [0.1, 0.15) is 27.9 Å². The number of halogens is 1.